The topological polar surface area (TPSA) is 130 Å². The Hall–Kier alpha value is -2.41. The minimum Gasteiger partial charge on any atom is -0.481 e. The molecule has 0 unspecified atom stereocenters. The fourth-order valence-electron chi connectivity index (χ4n) is 2.79. The van der Waals surface area contributed by atoms with E-state index in [2.05, 4.69) is 29.6 Å². The minimum atomic E-state index is -0.966. The number of amides is 1. The second kappa shape index (κ2) is 19.9. The molecule has 0 heterocycles. The fourth-order valence-corrected chi connectivity index (χ4v) is 2.79. The van der Waals surface area contributed by atoms with Crippen molar-refractivity contribution in [1.82, 2.24) is 5.32 Å². The Bertz CT molecular complexity index is 570. The number of carbonyl (C=O) groups is 3. The molecular formula is C23H38N2O5. The smallest absolute Gasteiger partial charge is 0.320 e. The molecule has 0 aromatic carbocycles. The molecule has 0 aliphatic rings. The molecule has 0 bridgehead atoms. The van der Waals surface area contributed by atoms with Gasteiger partial charge in [-0.05, 0) is 51.5 Å². The highest BCUT2D eigenvalue weighted by atomic mass is 16.4. The van der Waals surface area contributed by atoms with E-state index in [-0.39, 0.29) is 19.3 Å². The van der Waals surface area contributed by atoms with Crippen LogP contribution in [0.1, 0.15) is 77.0 Å². The van der Waals surface area contributed by atoms with E-state index in [1.54, 1.807) is 0 Å². The van der Waals surface area contributed by atoms with E-state index in [0.717, 1.165) is 57.8 Å². The van der Waals surface area contributed by atoms with Crippen LogP contribution < -0.4 is 11.1 Å². The average Bonchev–Trinajstić information content (AvgIpc) is 2.68. The van der Waals surface area contributed by atoms with Crippen LogP contribution in [0.2, 0.25) is 0 Å². The maximum Gasteiger partial charge on any atom is 0.320 e. The molecule has 0 aromatic heterocycles. The fraction of sp³-hybridized carbons (Fsp3) is 0.609. The number of nitrogens with two attached hydrogens (primary N) is 1. The summed E-state index contributed by atoms with van der Waals surface area (Å²) in [5, 5.41) is 20.5. The molecule has 170 valence electrons. The molecule has 0 saturated heterocycles. The molecule has 0 spiro atoms. The Labute approximate surface area is 180 Å². The summed E-state index contributed by atoms with van der Waals surface area (Å²) in [5.74, 6) is -2.16. The molecule has 30 heavy (non-hydrogen) atoms. The van der Waals surface area contributed by atoms with Gasteiger partial charge in [0.05, 0.1) is 0 Å². The Morgan fingerprint density at radius 2 is 1.33 bits per heavy atom. The molecule has 0 aromatic rings. The first-order valence-corrected chi connectivity index (χ1v) is 10.8. The van der Waals surface area contributed by atoms with Crippen molar-refractivity contribution in [3.8, 4) is 0 Å². The number of carboxylic acid groups (broad SMARTS) is 2. The molecule has 1 atom stereocenters. The lowest BCUT2D eigenvalue weighted by Gasteiger charge is -2.12. The van der Waals surface area contributed by atoms with Crippen LogP contribution in [0.25, 0.3) is 0 Å². The molecule has 7 nitrogen and oxygen atoms in total. The summed E-state index contributed by atoms with van der Waals surface area (Å²) < 4.78 is 0. The van der Waals surface area contributed by atoms with Gasteiger partial charge in [0.1, 0.15) is 6.04 Å². The highest BCUT2D eigenvalue weighted by Crippen LogP contribution is 2.07. The van der Waals surface area contributed by atoms with Gasteiger partial charge in [0.15, 0.2) is 0 Å². The van der Waals surface area contributed by atoms with Gasteiger partial charge in [-0.2, -0.15) is 0 Å². The van der Waals surface area contributed by atoms with Gasteiger partial charge in [-0.3, -0.25) is 14.4 Å². The van der Waals surface area contributed by atoms with Crippen molar-refractivity contribution >= 4 is 17.8 Å². The number of carbonyl (C=O) groups excluding carboxylic acids is 1. The van der Waals surface area contributed by atoms with E-state index in [9.17, 15) is 14.4 Å². The number of rotatable bonds is 20. The van der Waals surface area contributed by atoms with Crippen molar-refractivity contribution in [2.24, 2.45) is 5.73 Å². The highest BCUT2D eigenvalue weighted by molar-refractivity contribution is 5.77. The molecule has 5 N–H and O–H groups in total. The monoisotopic (exact) mass is 422 g/mol. The van der Waals surface area contributed by atoms with Gasteiger partial charge in [0.25, 0.3) is 0 Å². The zero-order valence-corrected chi connectivity index (χ0v) is 17.9. The maximum absolute atomic E-state index is 11.1. The maximum atomic E-state index is 11.1. The molecule has 0 aliphatic heterocycles. The summed E-state index contributed by atoms with van der Waals surface area (Å²) in [6.07, 6.45) is 21.9. The SMILES string of the molecule is NC(=O)CC[C@H](NCCC=CCC=CCC=CCCCCCCCC(=O)O)C(=O)O. The van der Waals surface area contributed by atoms with E-state index < -0.39 is 23.9 Å². The lowest BCUT2D eigenvalue weighted by Crippen LogP contribution is -2.37. The van der Waals surface area contributed by atoms with Crippen LogP contribution in [-0.4, -0.2) is 40.6 Å². The van der Waals surface area contributed by atoms with Gasteiger partial charge >= 0.3 is 11.9 Å². The normalized spacial score (nSPS) is 12.8. The van der Waals surface area contributed by atoms with Gasteiger partial charge in [-0.1, -0.05) is 55.7 Å². The van der Waals surface area contributed by atoms with Crippen LogP contribution in [0.4, 0.5) is 0 Å². The standard InChI is InChI=1S/C23H38N2O5/c24-21(26)18-17-20(23(29)30)25-19-15-13-11-9-7-5-3-1-2-4-6-8-10-12-14-16-22(27)28/h1-2,5,7,11,13,20,25H,3-4,6,8-10,12,14-19H2,(H2,24,26)(H,27,28)(H,29,30)/t20-/m0/s1. The Kier molecular flexibility index (Phi) is 18.3. The first-order chi connectivity index (χ1) is 14.4. The predicted molar refractivity (Wildman–Crippen MR) is 119 cm³/mol. The number of hydrogen-bond acceptors (Lipinski definition) is 4. The summed E-state index contributed by atoms with van der Waals surface area (Å²) >= 11 is 0. The van der Waals surface area contributed by atoms with Crippen LogP contribution in [0.3, 0.4) is 0 Å². The third-order valence-corrected chi connectivity index (χ3v) is 4.49. The van der Waals surface area contributed by atoms with Crippen LogP contribution >= 0.6 is 0 Å². The first-order valence-electron chi connectivity index (χ1n) is 10.8. The second-order valence-electron chi connectivity index (χ2n) is 7.22. The van der Waals surface area contributed by atoms with Crippen molar-refractivity contribution in [2.45, 2.75) is 83.1 Å². The number of allylic oxidation sites excluding steroid dienone is 5. The summed E-state index contributed by atoms with van der Waals surface area (Å²) in [4.78, 5) is 32.2. The summed E-state index contributed by atoms with van der Waals surface area (Å²) in [7, 11) is 0. The van der Waals surface area contributed by atoms with E-state index in [0.29, 0.717) is 6.54 Å². The van der Waals surface area contributed by atoms with Gasteiger partial charge in [0.2, 0.25) is 5.91 Å². The van der Waals surface area contributed by atoms with Gasteiger partial charge in [0, 0.05) is 12.8 Å². The Balaban J connectivity index is 3.59. The van der Waals surface area contributed by atoms with Crippen LogP contribution in [0.15, 0.2) is 36.5 Å². The van der Waals surface area contributed by atoms with E-state index in [1.165, 1.54) is 0 Å². The largest absolute Gasteiger partial charge is 0.481 e. The van der Waals surface area contributed by atoms with Gasteiger partial charge < -0.3 is 21.3 Å². The highest BCUT2D eigenvalue weighted by Gasteiger charge is 2.16. The molecule has 0 radical (unpaired) electrons. The number of unbranched alkanes of at least 4 members (excludes halogenated alkanes) is 5. The van der Waals surface area contributed by atoms with Crippen molar-refractivity contribution in [2.75, 3.05) is 6.54 Å². The lowest BCUT2D eigenvalue weighted by atomic mass is 10.1. The van der Waals surface area contributed by atoms with Gasteiger partial charge in [-0.25, -0.2) is 0 Å². The number of nitrogens with one attached hydrogen (secondary N) is 1. The quantitative estimate of drug-likeness (QED) is 0.174. The molecule has 0 rings (SSSR count). The van der Waals surface area contributed by atoms with E-state index in [4.69, 9.17) is 15.9 Å². The Morgan fingerprint density at radius 3 is 1.93 bits per heavy atom. The molecule has 7 heteroatoms. The third-order valence-electron chi connectivity index (χ3n) is 4.49. The molecular weight excluding hydrogens is 384 g/mol. The second-order valence-corrected chi connectivity index (χ2v) is 7.22. The zero-order chi connectivity index (χ0) is 22.5. The zero-order valence-electron chi connectivity index (χ0n) is 17.9. The number of carboxylic acids is 2. The summed E-state index contributed by atoms with van der Waals surface area (Å²) in [6, 6.07) is -0.741. The van der Waals surface area contributed by atoms with E-state index in [1.807, 2.05) is 12.2 Å². The van der Waals surface area contributed by atoms with Crippen molar-refractivity contribution in [1.29, 1.82) is 0 Å². The Morgan fingerprint density at radius 1 is 0.767 bits per heavy atom. The number of hydrogen-bond donors (Lipinski definition) is 4. The van der Waals surface area contributed by atoms with Crippen LogP contribution in [-0.2, 0) is 14.4 Å². The van der Waals surface area contributed by atoms with Crippen molar-refractivity contribution in [3.63, 3.8) is 0 Å². The molecule has 0 fully saturated rings. The number of primary amides is 1. The van der Waals surface area contributed by atoms with Crippen LogP contribution in [0, 0.1) is 0 Å². The van der Waals surface area contributed by atoms with E-state index >= 15 is 0 Å². The lowest BCUT2D eigenvalue weighted by molar-refractivity contribution is -0.140. The van der Waals surface area contributed by atoms with Crippen molar-refractivity contribution < 1.29 is 24.6 Å². The molecule has 0 aliphatic carbocycles. The van der Waals surface area contributed by atoms with Gasteiger partial charge in [-0.15, -0.1) is 0 Å². The molecule has 1 amide bonds. The summed E-state index contributed by atoms with van der Waals surface area (Å²) in [6.45, 7) is 0.540. The predicted octanol–water partition coefficient (Wildman–Crippen LogP) is 3.95. The first kappa shape index (κ1) is 27.6. The molecule has 0 saturated carbocycles. The number of aliphatic carboxylic acids is 2. The minimum absolute atomic E-state index is 0.0631. The van der Waals surface area contributed by atoms with Crippen molar-refractivity contribution in [3.05, 3.63) is 36.5 Å². The summed E-state index contributed by atoms with van der Waals surface area (Å²) in [5.41, 5.74) is 5.05. The van der Waals surface area contributed by atoms with Crippen LogP contribution in [0.5, 0.6) is 0 Å². The third kappa shape index (κ3) is 20.3. The average molecular weight is 423 g/mol.